The molecule has 5 heterocycles. The number of carbonyl (C=O) groups excluding carboxylic acids is 3. The van der Waals surface area contributed by atoms with Gasteiger partial charge in [0, 0.05) is 72.5 Å². The van der Waals surface area contributed by atoms with Crippen LogP contribution in [-0.2, 0) is 43.1 Å². The largest absolute Gasteiger partial charge is 0.507 e. The molecule has 0 amide bonds. The number of Topliss-reactive ketones (excluding diaryl/α,β-unsaturated/α-hetero) is 1. The van der Waals surface area contributed by atoms with E-state index >= 15 is 4.79 Å². The molecule has 5 saturated carbocycles. The molecule has 0 saturated heterocycles. The van der Waals surface area contributed by atoms with Crippen LogP contribution >= 0.6 is 0 Å². The van der Waals surface area contributed by atoms with Crippen LogP contribution in [0, 0.1) is 65.1 Å². The molecule has 5 fully saturated rings. The van der Waals surface area contributed by atoms with Gasteiger partial charge in [-0.1, -0.05) is 92.5 Å². The number of nitrogens with one attached hydrogen (secondary N) is 2. The van der Waals surface area contributed by atoms with Crippen LogP contribution in [0.15, 0.2) is 60.2 Å². The average molecular weight is 1150 g/mol. The molecule has 13 rings (SSSR count). The summed E-state index contributed by atoms with van der Waals surface area (Å²) in [6.07, 6.45) is 9.53. The molecule has 0 aromatic heterocycles. The summed E-state index contributed by atoms with van der Waals surface area (Å²) in [4.78, 5) is 44.5. The van der Waals surface area contributed by atoms with Gasteiger partial charge in [-0.2, -0.15) is 0 Å². The lowest BCUT2D eigenvalue weighted by atomic mass is 9.48. The van der Waals surface area contributed by atoms with Gasteiger partial charge in [-0.05, 0) is 166 Å². The first-order valence-electron chi connectivity index (χ1n) is 31.8. The number of esters is 2. The lowest BCUT2D eigenvalue weighted by molar-refractivity contribution is -0.228. The minimum Gasteiger partial charge on any atom is -0.507 e. The normalized spacial score (nSPS) is 37.1. The number of ether oxygens (including phenoxy) is 3. The maximum absolute atomic E-state index is 16.0. The molecule has 0 radical (unpaired) electrons. The second-order valence-electron chi connectivity index (χ2n) is 26.9. The Balaban J connectivity index is 1.06. The van der Waals surface area contributed by atoms with E-state index in [2.05, 4.69) is 40.4 Å². The van der Waals surface area contributed by atoms with E-state index in [-0.39, 0.29) is 104 Å². The fourth-order valence-corrected chi connectivity index (χ4v) is 16.7. The smallest absolute Gasteiger partial charge is 0.334 e. The van der Waals surface area contributed by atoms with Crippen LogP contribution in [0.5, 0.6) is 11.5 Å². The Bertz CT molecular complexity index is 3130. The van der Waals surface area contributed by atoms with E-state index < -0.39 is 71.2 Å². The molecular formula is C70H86N2O12. The molecule has 5 aliphatic carbocycles. The summed E-state index contributed by atoms with van der Waals surface area (Å²) in [6, 6.07) is 15.4. The zero-order valence-corrected chi connectivity index (χ0v) is 49.0. The molecule has 14 heteroatoms. The van der Waals surface area contributed by atoms with Gasteiger partial charge in [0.1, 0.15) is 40.7 Å². The number of aliphatic hydroxyl groups is 5. The second kappa shape index (κ2) is 24.7. The number of aromatic hydroxyl groups is 1. The fraction of sp³-hybridized carbons (Fsp3) is 0.614. The number of phenolic OH excluding ortho intramolecular Hbond substituents is 1. The van der Waals surface area contributed by atoms with Crippen molar-refractivity contribution < 1.29 is 59.2 Å². The minimum absolute atomic E-state index is 0.0316. The van der Waals surface area contributed by atoms with Crippen LogP contribution in [-0.4, -0.2) is 111 Å². The number of aliphatic hydroxyl groups excluding tert-OH is 3. The number of rotatable bonds is 4. The molecule has 3 aromatic rings. The minimum atomic E-state index is -1.66. The van der Waals surface area contributed by atoms with Crippen molar-refractivity contribution >= 4 is 23.4 Å². The Labute approximate surface area is 494 Å². The van der Waals surface area contributed by atoms with Crippen molar-refractivity contribution in [3.8, 4) is 35.2 Å². The lowest BCUT2D eigenvalue weighted by Crippen LogP contribution is -2.65. The highest BCUT2D eigenvalue weighted by Crippen LogP contribution is 2.59. The molecule has 84 heavy (non-hydrogen) atoms. The Hall–Kier alpha value is -5.55. The van der Waals surface area contributed by atoms with Crippen molar-refractivity contribution in [3.63, 3.8) is 0 Å². The van der Waals surface area contributed by atoms with Crippen LogP contribution in [0.4, 0.5) is 5.69 Å². The molecule has 5 aliphatic heterocycles. The van der Waals surface area contributed by atoms with Crippen LogP contribution in [0.2, 0.25) is 0 Å². The van der Waals surface area contributed by atoms with E-state index in [0.29, 0.717) is 65.1 Å². The van der Waals surface area contributed by atoms with Gasteiger partial charge in [0.05, 0.1) is 43.2 Å². The van der Waals surface area contributed by atoms with Gasteiger partial charge in [-0.15, -0.1) is 0 Å². The number of fused-ring (bicyclic) bond motifs is 18. The highest BCUT2D eigenvalue weighted by atomic mass is 16.6. The van der Waals surface area contributed by atoms with Gasteiger partial charge >= 0.3 is 11.9 Å². The molecule has 0 unspecified atom stereocenters. The van der Waals surface area contributed by atoms with Crippen molar-refractivity contribution in [1.82, 2.24) is 5.32 Å². The van der Waals surface area contributed by atoms with E-state index in [4.69, 9.17) is 14.2 Å². The predicted molar refractivity (Wildman–Crippen MR) is 317 cm³/mol. The number of carbonyl (C=O) groups is 3. The highest BCUT2D eigenvalue weighted by Gasteiger charge is 2.62. The van der Waals surface area contributed by atoms with Gasteiger partial charge in [-0.25, -0.2) is 4.79 Å². The Morgan fingerprint density at radius 2 is 1.51 bits per heavy atom. The third-order valence-electron chi connectivity index (χ3n) is 21.3. The number of hydrogen-bond acceptors (Lipinski definition) is 14. The van der Waals surface area contributed by atoms with Crippen LogP contribution < -0.4 is 15.4 Å². The van der Waals surface area contributed by atoms with Gasteiger partial charge in [0.2, 0.25) is 0 Å². The number of phenols is 1. The number of hydrogen-bond donors (Lipinski definition) is 8. The summed E-state index contributed by atoms with van der Waals surface area (Å²) in [5, 5.41) is 82.2. The van der Waals surface area contributed by atoms with E-state index in [1.54, 1.807) is 13.0 Å². The molecule has 0 spiro atoms. The molecule has 8 N–H and O–H groups in total. The van der Waals surface area contributed by atoms with E-state index in [1.165, 1.54) is 0 Å². The van der Waals surface area contributed by atoms with Crippen molar-refractivity contribution in [1.29, 1.82) is 0 Å². The Kier molecular flexibility index (Phi) is 17.3. The first-order chi connectivity index (χ1) is 40.5. The van der Waals surface area contributed by atoms with Crippen molar-refractivity contribution in [2.75, 3.05) is 32.1 Å². The third kappa shape index (κ3) is 12.0. The van der Waals surface area contributed by atoms with Gasteiger partial charge < -0.3 is 55.5 Å². The maximum atomic E-state index is 16.0. The summed E-state index contributed by atoms with van der Waals surface area (Å²) in [6.45, 7) is 1.76. The molecule has 14 bridgehead atoms. The van der Waals surface area contributed by atoms with E-state index in [9.17, 15) is 40.2 Å². The fourth-order valence-electron chi connectivity index (χ4n) is 16.7. The maximum Gasteiger partial charge on any atom is 0.334 e. The second-order valence-corrected chi connectivity index (χ2v) is 26.9. The zero-order chi connectivity index (χ0) is 58.4. The molecular weight excluding hydrogens is 1060 g/mol. The van der Waals surface area contributed by atoms with E-state index in [0.717, 1.165) is 94.6 Å². The van der Waals surface area contributed by atoms with E-state index in [1.807, 2.05) is 49.5 Å². The van der Waals surface area contributed by atoms with Crippen molar-refractivity contribution in [3.05, 3.63) is 99.1 Å². The topological polar surface area (TPSA) is 224 Å². The summed E-state index contributed by atoms with van der Waals surface area (Å²) in [5.74, 6) is 9.82. The number of anilines is 1. The first kappa shape index (κ1) is 58.8. The van der Waals surface area contributed by atoms with Crippen molar-refractivity contribution in [2.45, 2.75) is 201 Å². The van der Waals surface area contributed by atoms with Gasteiger partial charge in [0.15, 0.2) is 0 Å². The zero-order valence-electron chi connectivity index (χ0n) is 49.0. The molecule has 14 atom stereocenters. The van der Waals surface area contributed by atoms with Crippen LogP contribution in [0.25, 0.3) is 0 Å². The highest BCUT2D eigenvalue weighted by molar-refractivity contribution is 5.89. The third-order valence-corrected chi connectivity index (χ3v) is 21.3. The van der Waals surface area contributed by atoms with Gasteiger partial charge in [0.25, 0.3) is 0 Å². The predicted octanol–water partition coefficient (Wildman–Crippen LogP) is 8.70. The van der Waals surface area contributed by atoms with Crippen LogP contribution in [0.3, 0.4) is 0 Å². The number of ketones is 1. The van der Waals surface area contributed by atoms with Gasteiger partial charge in [-0.3, -0.25) is 9.59 Å². The molecule has 3 aromatic carbocycles. The lowest BCUT2D eigenvalue weighted by Gasteiger charge is -2.59. The summed E-state index contributed by atoms with van der Waals surface area (Å²) >= 11 is 0. The Morgan fingerprint density at radius 1 is 0.762 bits per heavy atom. The first-order valence-corrected chi connectivity index (χ1v) is 31.8. The Morgan fingerprint density at radius 3 is 2.31 bits per heavy atom. The summed E-state index contributed by atoms with van der Waals surface area (Å²) < 4.78 is 19.5. The monoisotopic (exact) mass is 1150 g/mol. The molecule has 10 aliphatic rings. The molecule has 448 valence electrons. The van der Waals surface area contributed by atoms with Crippen molar-refractivity contribution in [2.24, 2.45) is 41.4 Å². The summed E-state index contributed by atoms with van der Waals surface area (Å²) in [5.41, 5.74) is 1.83. The number of benzene rings is 3. The summed E-state index contributed by atoms with van der Waals surface area (Å²) in [7, 11) is 1.82. The van der Waals surface area contributed by atoms with Crippen LogP contribution in [0.1, 0.15) is 185 Å². The SMILES string of the molecule is CNC[C@@H]1C#CC2CCC(CC2)OC[C@@H](O)[C@@](C)(O)CNc2cc([C@H]3C#C[C@@H]4CC(=O)Oc5c4cc(c(O)c5C4CCCCC4)C[C@H]4OC(=O)/C(=C\[C@H](O)Cc5cccc(c5)C[C@@H]5C(=O)CC[C@@H]6[C@@H]5C[C@@H]5CCCC[C@H]5[C@]64O)C3)cc(c2)[C@@H]1O. The standard InChI is InChI=1S/C70H86N2O12/c1-69(80)39-72-52-30-48(29-49(31-52)65(77)47(37-71-2)18-15-40-16-21-54(22-17-40)82-38-61(69)75)44-19-20-45-36-63(76)84-67-55(45)34-50(66(78)64(67)43-11-4-3-5-12-43)35-62-70(81)58-14-7-6-13-46(58)33-56-57(60(74)24-23-59(56)70)27-42-10-8-9-41(25-42)26-53(73)32-51(28-44)68(79)83-62/h8-10,25,29-32,34,40,43-47,53-54,56-59,61-62,65,71-73,75,77-78,80-81H,3-7,11-14,16-17,21-24,26-28,33,35-39H2,1-2H3/b51-32-/t40?,44-,45+,46-,47-,53+,54?,56+,57-,58+,59+,61+,62+,65+,69-,70-/m0/s1. The molecule has 14 nitrogen and oxygen atoms in total. The quantitative estimate of drug-likeness (QED) is 0.0696. The average Bonchev–Trinajstić information content (AvgIpc) is 0.926.